The molecule has 0 bridgehead atoms. The van der Waals surface area contributed by atoms with Crippen molar-refractivity contribution in [1.82, 2.24) is 4.98 Å². The molecule has 0 aliphatic heterocycles. The van der Waals surface area contributed by atoms with Gasteiger partial charge < -0.3 is 5.43 Å². The molecule has 0 unspecified atom stereocenters. The van der Waals surface area contributed by atoms with Gasteiger partial charge in [-0.25, -0.2) is 19.6 Å². The molecule has 0 spiro atoms. The van der Waals surface area contributed by atoms with Crippen molar-refractivity contribution in [2.24, 2.45) is 5.84 Å². The highest BCUT2D eigenvalue weighted by Crippen LogP contribution is 2.22. The van der Waals surface area contributed by atoms with Crippen LogP contribution in [-0.4, -0.2) is 4.98 Å². The summed E-state index contributed by atoms with van der Waals surface area (Å²) in [5.41, 5.74) is 3.32. The first-order chi connectivity index (χ1) is 7.11. The number of fused-ring (bicyclic) bond motifs is 1. The average molecular weight is 209 g/mol. The third-order valence-corrected chi connectivity index (χ3v) is 2.18. The number of hydrogen-bond donors (Lipinski definition) is 2. The van der Waals surface area contributed by atoms with Crippen molar-refractivity contribution in [3.8, 4) is 0 Å². The van der Waals surface area contributed by atoms with Crippen LogP contribution < -0.4 is 11.3 Å². The highest BCUT2D eigenvalue weighted by Gasteiger charge is 2.08. The van der Waals surface area contributed by atoms with Gasteiger partial charge in [-0.3, -0.25) is 0 Å². The summed E-state index contributed by atoms with van der Waals surface area (Å²) in [4.78, 5) is 4.00. The number of halogens is 2. The number of nitrogen functional groups attached to an aromatic ring is 1. The van der Waals surface area contributed by atoms with Crippen LogP contribution in [0.2, 0.25) is 0 Å². The van der Waals surface area contributed by atoms with E-state index < -0.39 is 11.6 Å². The Morgan fingerprint density at radius 1 is 1.27 bits per heavy atom. The van der Waals surface area contributed by atoms with Gasteiger partial charge in [0, 0.05) is 17.5 Å². The maximum atomic E-state index is 13.3. The van der Waals surface area contributed by atoms with E-state index in [2.05, 4.69) is 10.4 Å². The van der Waals surface area contributed by atoms with Gasteiger partial charge in [0.2, 0.25) is 0 Å². The minimum atomic E-state index is -0.653. The first-order valence-electron chi connectivity index (χ1n) is 4.35. The van der Waals surface area contributed by atoms with E-state index >= 15 is 0 Å². The molecule has 1 aromatic carbocycles. The Balaban J connectivity index is 2.81. The topological polar surface area (TPSA) is 50.9 Å². The number of benzene rings is 1. The molecule has 0 aliphatic carbocycles. The zero-order valence-electron chi connectivity index (χ0n) is 8.01. The van der Waals surface area contributed by atoms with E-state index in [-0.39, 0.29) is 10.9 Å². The van der Waals surface area contributed by atoms with E-state index in [4.69, 9.17) is 5.84 Å². The van der Waals surface area contributed by atoms with Gasteiger partial charge in [0.1, 0.15) is 17.5 Å². The Morgan fingerprint density at radius 3 is 2.67 bits per heavy atom. The molecule has 78 valence electrons. The summed E-state index contributed by atoms with van der Waals surface area (Å²) in [7, 11) is 0. The molecule has 0 saturated carbocycles. The molecule has 5 heteroatoms. The molecule has 0 amide bonds. The lowest BCUT2D eigenvalue weighted by atomic mass is 10.1. The van der Waals surface area contributed by atoms with Crippen molar-refractivity contribution in [3.05, 3.63) is 35.4 Å². The molecule has 3 nitrogen and oxygen atoms in total. The Kier molecular flexibility index (Phi) is 2.24. The van der Waals surface area contributed by atoms with Crippen LogP contribution in [-0.2, 0) is 0 Å². The molecular weight excluding hydrogens is 200 g/mol. The molecule has 0 atom stereocenters. The van der Waals surface area contributed by atoms with Crippen molar-refractivity contribution >= 4 is 16.7 Å². The number of aromatic nitrogens is 1. The zero-order valence-corrected chi connectivity index (χ0v) is 8.01. The normalized spacial score (nSPS) is 10.7. The Bertz CT molecular complexity index is 526. The monoisotopic (exact) mass is 209 g/mol. The second-order valence-corrected chi connectivity index (χ2v) is 3.25. The fraction of sp³-hybridized carbons (Fsp3) is 0.100. The predicted octanol–water partition coefficient (Wildman–Crippen LogP) is 2.11. The largest absolute Gasteiger partial charge is 0.308 e. The second-order valence-electron chi connectivity index (χ2n) is 3.25. The van der Waals surface area contributed by atoms with Crippen LogP contribution in [0.3, 0.4) is 0 Å². The average Bonchev–Trinajstić information content (AvgIpc) is 2.18. The summed E-state index contributed by atoms with van der Waals surface area (Å²) in [5.74, 6) is 4.35. The van der Waals surface area contributed by atoms with Gasteiger partial charge in [0.15, 0.2) is 0 Å². The number of nitrogens with zero attached hydrogens (tertiary/aromatic N) is 1. The minimum absolute atomic E-state index is 0.242. The predicted molar refractivity (Wildman–Crippen MR) is 54.2 cm³/mol. The third-order valence-electron chi connectivity index (χ3n) is 2.18. The lowest BCUT2D eigenvalue weighted by molar-refractivity contribution is 0.591. The first kappa shape index (κ1) is 9.79. The SMILES string of the molecule is Cc1cc2c(F)cc(F)cc2nc1NN. The summed E-state index contributed by atoms with van der Waals surface area (Å²) in [6.07, 6.45) is 0. The van der Waals surface area contributed by atoms with Gasteiger partial charge in [-0.2, -0.15) is 0 Å². The summed E-state index contributed by atoms with van der Waals surface area (Å²) in [6.45, 7) is 1.74. The highest BCUT2D eigenvalue weighted by atomic mass is 19.1. The third kappa shape index (κ3) is 1.61. The van der Waals surface area contributed by atoms with Crippen molar-refractivity contribution in [2.45, 2.75) is 6.92 Å². The molecule has 1 heterocycles. The second kappa shape index (κ2) is 3.43. The molecule has 2 aromatic rings. The van der Waals surface area contributed by atoms with Crippen LogP contribution in [0.5, 0.6) is 0 Å². The van der Waals surface area contributed by atoms with Crippen LogP contribution >= 0.6 is 0 Å². The van der Waals surface area contributed by atoms with Crippen LogP contribution in [0.4, 0.5) is 14.6 Å². The molecule has 0 aliphatic rings. The van der Waals surface area contributed by atoms with Gasteiger partial charge in [0.05, 0.1) is 5.52 Å². The van der Waals surface area contributed by atoms with Crippen molar-refractivity contribution < 1.29 is 8.78 Å². The van der Waals surface area contributed by atoms with E-state index in [1.54, 1.807) is 13.0 Å². The molecule has 3 N–H and O–H groups in total. The summed E-state index contributed by atoms with van der Waals surface area (Å²) < 4.78 is 26.2. The Morgan fingerprint density at radius 2 is 2.00 bits per heavy atom. The standard InChI is InChI=1S/C10H9F2N3/c1-5-2-7-8(12)3-6(11)4-9(7)14-10(5)15-13/h2-4H,13H2,1H3,(H,14,15). The molecule has 0 saturated heterocycles. The van der Waals surface area contributed by atoms with Gasteiger partial charge in [-0.1, -0.05) is 0 Å². The van der Waals surface area contributed by atoms with Crippen LogP contribution in [0.1, 0.15) is 5.56 Å². The Labute approximate surface area is 84.9 Å². The quantitative estimate of drug-likeness (QED) is 0.558. The number of nitrogens with one attached hydrogen (secondary N) is 1. The number of aryl methyl sites for hydroxylation is 1. The maximum absolute atomic E-state index is 13.3. The summed E-state index contributed by atoms with van der Waals surface area (Å²) >= 11 is 0. The molecule has 2 rings (SSSR count). The van der Waals surface area contributed by atoms with E-state index in [9.17, 15) is 8.78 Å². The van der Waals surface area contributed by atoms with Gasteiger partial charge in [-0.05, 0) is 18.6 Å². The van der Waals surface area contributed by atoms with Gasteiger partial charge in [-0.15, -0.1) is 0 Å². The molecule has 0 radical (unpaired) electrons. The fourth-order valence-electron chi connectivity index (χ4n) is 1.45. The molecule has 1 aromatic heterocycles. The summed E-state index contributed by atoms with van der Waals surface area (Å²) in [5, 5.41) is 0.285. The van der Waals surface area contributed by atoms with E-state index in [1.165, 1.54) is 6.07 Å². The van der Waals surface area contributed by atoms with Crippen LogP contribution in [0.25, 0.3) is 10.9 Å². The minimum Gasteiger partial charge on any atom is -0.308 e. The van der Waals surface area contributed by atoms with E-state index in [0.717, 1.165) is 6.07 Å². The van der Waals surface area contributed by atoms with Crippen LogP contribution in [0, 0.1) is 18.6 Å². The highest BCUT2D eigenvalue weighted by molar-refractivity contribution is 5.82. The molecular formula is C10H9F2N3. The molecule has 0 fully saturated rings. The Hall–Kier alpha value is -1.75. The molecule has 15 heavy (non-hydrogen) atoms. The number of nitrogens with two attached hydrogens (primary N) is 1. The van der Waals surface area contributed by atoms with Crippen molar-refractivity contribution in [3.63, 3.8) is 0 Å². The number of hydrogen-bond acceptors (Lipinski definition) is 3. The van der Waals surface area contributed by atoms with E-state index in [1.807, 2.05) is 0 Å². The number of anilines is 1. The lowest BCUT2D eigenvalue weighted by Gasteiger charge is -2.06. The van der Waals surface area contributed by atoms with Crippen molar-refractivity contribution in [2.75, 3.05) is 5.43 Å². The lowest BCUT2D eigenvalue weighted by Crippen LogP contribution is -2.10. The first-order valence-corrected chi connectivity index (χ1v) is 4.35. The smallest absolute Gasteiger partial charge is 0.143 e. The van der Waals surface area contributed by atoms with Gasteiger partial charge in [0.25, 0.3) is 0 Å². The zero-order chi connectivity index (χ0) is 11.0. The maximum Gasteiger partial charge on any atom is 0.143 e. The number of hydrazine groups is 1. The number of pyridine rings is 1. The fourth-order valence-corrected chi connectivity index (χ4v) is 1.45. The summed E-state index contributed by atoms with van der Waals surface area (Å²) in [6, 6.07) is 3.57. The van der Waals surface area contributed by atoms with Gasteiger partial charge >= 0.3 is 0 Å². The van der Waals surface area contributed by atoms with E-state index in [0.29, 0.717) is 11.4 Å². The number of rotatable bonds is 1. The van der Waals surface area contributed by atoms with Crippen LogP contribution in [0.15, 0.2) is 18.2 Å². The van der Waals surface area contributed by atoms with Crippen molar-refractivity contribution in [1.29, 1.82) is 0 Å².